The number of phenols is 2. The molecule has 0 unspecified atom stereocenters. The highest BCUT2D eigenvalue weighted by Gasteiger charge is 2.22. The Balaban J connectivity index is 1.35. The summed E-state index contributed by atoms with van der Waals surface area (Å²) in [5, 5.41) is 23.3. The van der Waals surface area contributed by atoms with E-state index in [1.165, 1.54) is 12.1 Å². The first-order valence-electron chi connectivity index (χ1n) is 13.9. The van der Waals surface area contributed by atoms with E-state index in [0.717, 1.165) is 41.4 Å². The van der Waals surface area contributed by atoms with Crippen LogP contribution >= 0.6 is 11.6 Å². The smallest absolute Gasteiger partial charge is 0.317 e. The summed E-state index contributed by atoms with van der Waals surface area (Å²) < 4.78 is 0. The van der Waals surface area contributed by atoms with E-state index >= 15 is 0 Å². The van der Waals surface area contributed by atoms with Gasteiger partial charge in [0, 0.05) is 56.2 Å². The third kappa shape index (κ3) is 7.22. The van der Waals surface area contributed by atoms with E-state index in [9.17, 15) is 19.8 Å². The second kappa shape index (κ2) is 13.1. The standard InChI is InChI=1S/C32H33ClN6O4/c1-21-18-34-31(33)36-29(21)24-7-9-25(10-8-24)39(30(42)27-12-11-26(40)17-28(27)41)20-23-5-3-22(4-6-23)19-35-32(43)38-15-13-37(2)14-16-38/h3-12,17-18,40-41H,13-16,19-20H2,1-2H3,(H,35,43). The van der Waals surface area contributed by atoms with Crippen LogP contribution in [0, 0.1) is 6.92 Å². The number of piperazine rings is 1. The van der Waals surface area contributed by atoms with Gasteiger partial charge in [-0.2, -0.15) is 0 Å². The molecule has 0 atom stereocenters. The van der Waals surface area contributed by atoms with Crippen LogP contribution in [0.5, 0.6) is 11.5 Å². The fourth-order valence-electron chi connectivity index (χ4n) is 4.88. The number of benzene rings is 3. The van der Waals surface area contributed by atoms with E-state index in [1.807, 2.05) is 67.4 Å². The van der Waals surface area contributed by atoms with Gasteiger partial charge in [0.05, 0.1) is 17.8 Å². The number of hydrogen-bond donors (Lipinski definition) is 3. The van der Waals surface area contributed by atoms with Crippen LogP contribution in [0.2, 0.25) is 5.28 Å². The number of amides is 3. The van der Waals surface area contributed by atoms with E-state index < -0.39 is 5.91 Å². The highest BCUT2D eigenvalue weighted by Crippen LogP contribution is 2.30. The Kier molecular flexibility index (Phi) is 9.08. The minimum Gasteiger partial charge on any atom is -0.508 e. The first-order valence-corrected chi connectivity index (χ1v) is 14.3. The quantitative estimate of drug-likeness (QED) is 0.260. The lowest BCUT2D eigenvalue weighted by atomic mass is 10.1. The number of hydrogen-bond acceptors (Lipinski definition) is 7. The molecule has 0 radical (unpaired) electrons. The summed E-state index contributed by atoms with van der Waals surface area (Å²) in [6, 6.07) is 18.8. The molecule has 1 aliphatic rings. The van der Waals surface area contributed by atoms with Crippen molar-refractivity contribution in [3.63, 3.8) is 0 Å². The molecule has 1 fully saturated rings. The average Bonchev–Trinajstić information content (AvgIpc) is 3.00. The summed E-state index contributed by atoms with van der Waals surface area (Å²) in [6.45, 7) is 5.62. The van der Waals surface area contributed by atoms with Crippen LogP contribution in [-0.2, 0) is 13.1 Å². The number of aromatic hydroxyl groups is 2. The summed E-state index contributed by atoms with van der Waals surface area (Å²) in [5.41, 5.74) is 4.81. The molecular weight excluding hydrogens is 568 g/mol. The minimum atomic E-state index is -0.435. The third-order valence-corrected chi connectivity index (χ3v) is 7.63. The van der Waals surface area contributed by atoms with Crippen LogP contribution < -0.4 is 10.2 Å². The lowest BCUT2D eigenvalue weighted by molar-refractivity contribution is 0.0982. The van der Waals surface area contributed by atoms with Crippen molar-refractivity contribution in [3.05, 3.63) is 100 Å². The zero-order valence-corrected chi connectivity index (χ0v) is 24.8. The Labute approximate surface area is 255 Å². The number of aryl methyl sites for hydroxylation is 1. The van der Waals surface area contributed by atoms with E-state index in [2.05, 4.69) is 20.2 Å². The van der Waals surface area contributed by atoms with E-state index in [1.54, 1.807) is 11.1 Å². The van der Waals surface area contributed by atoms with Crippen molar-refractivity contribution in [2.45, 2.75) is 20.0 Å². The van der Waals surface area contributed by atoms with Gasteiger partial charge in [0.25, 0.3) is 5.91 Å². The van der Waals surface area contributed by atoms with Crippen molar-refractivity contribution >= 4 is 29.2 Å². The molecule has 4 aromatic rings. The third-order valence-electron chi connectivity index (χ3n) is 7.45. The Morgan fingerprint density at radius 3 is 2.30 bits per heavy atom. The van der Waals surface area contributed by atoms with E-state index in [0.29, 0.717) is 31.0 Å². The maximum atomic E-state index is 13.7. The molecule has 10 nitrogen and oxygen atoms in total. The second-order valence-electron chi connectivity index (χ2n) is 10.6. The number of carbonyl (C=O) groups is 2. The van der Waals surface area contributed by atoms with Gasteiger partial charge < -0.3 is 30.2 Å². The first-order chi connectivity index (χ1) is 20.7. The molecule has 0 saturated carbocycles. The Hall–Kier alpha value is -4.67. The van der Waals surface area contributed by atoms with Gasteiger partial charge >= 0.3 is 6.03 Å². The second-order valence-corrected chi connectivity index (χ2v) is 10.9. The van der Waals surface area contributed by atoms with Gasteiger partial charge in [0.2, 0.25) is 5.28 Å². The normalized spacial score (nSPS) is 13.5. The number of likely N-dealkylation sites (N-methyl/N-ethyl adjacent to an activating group) is 1. The summed E-state index contributed by atoms with van der Waals surface area (Å²) in [7, 11) is 2.05. The molecule has 1 aliphatic heterocycles. The number of nitrogens with zero attached hydrogens (tertiary/aromatic N) is 5. The van der Waals surface area contributed by atoms with Crippen LogP contribution in [-0.4, -0.2) is 75.1 Å². The highest BCUT2D eigenvalue weighted by atomic mass is 35.5. The predicted molar refractivity (Wildman–Crippen MR) is 165 cm³/mol. The van der Waals surface area contributed by atoms with E-state index in [4.69, 9.17) is 11.6 Å². The molecule has 222 valence electrons. The number of anilines is 1. The lowest BCUT2D eigenvalue weighted by Crippen LogP contribution is -2.50. The topological polar surface area (TPSA) is 122 Å². The van der Waals surface area contributed by atoms with Crippen LogP contribution in [0.3, 0.4) is 0 Å². The number of urea groups is 1. The van der Waals surface area contributed by atoms with Crippen molar-refractivity contribution in [2.75, 3.05) is 38.1 Å². The fourth-order valence-corrected chi connectivity index (χ4v) is 5.02. The fraction of sp³-hybridized carbons (Fsp3) is 0.250. The van der Waals surface area contributed by atoms with Gasteiger partial charge in [-0.05, 0) is 66.5 Å². The number of rotatable bonds is 7. The SMILES string of the molecule is Cc1cnc(Cl)nc1-c1ccc(N(Cc2ccc(CNC(=O)N3CCN(C)CC3)cc2)C(=O)c2ccc(O)cc2O)cc1. The Bertz CT molecular complexity index is 1610. The molecule has 3 aromatic carbocycles. The average molecular weight is 601 g/mol. The van der Waals surface area contributed by atoms with Crippen molar-refractivity contribution in [2.24, 2.45) is 0 Å². The van der Waals surface area contributed by atoms with E-state index in [-0.39, 0.29) is 34.9 Å². The monoisotopic (exact) mass is 600 g/mol. The van der Waals surface area contributed by atoms with Crippen molar-refractivity contribution in [1.82, 2.24) is 25.1 Å². The number of nitrogens with one attached hydrogen (secondary N) is 1. The molecule has 3 N–H and O–H groups in total. The zero-order chi connectivity index (χ0) is 30.5. The molecule has 1 aromatic heterocycles. The molecule has 43 heavy (non-hydrogen) atoms. The molecular formula is C32H33ClN6O4. The van der Waals surface area contributed by atoms with Crippen molar-refractivity contribution < 1.29 is 19.8 Å². The molecule has 0 bridgehead atoms. The van der Waals surface area contributed by atoms with Gasteiger partial charge in [0.15, 0.2) is 0 Å². The minimum absolute atomic E-state index is 0.0588. The summed E-state index contributed by atoms with van der Waals surface area (Å²) in [6.07, 6.45) is 1.66. The van der Waals surface area contributed by atoms with Gasteiger partial charge in [-0.3, -0.25) is 4.79 Å². The molecule has 3 amide bonds. The van der Waals surface area contributed by atoms with Crippen LogP contribution in [0.25, 0.3) is 11.3 Å². The largest absolute Gasteiger partial charge is 0.508 e. The first kappa shape index (κ1) is 29.8. The highest BCUT2D eigenvalue weighted by molar-refractivity contribution is 6.28. The molecule has 0 aliphatic carbocycles. The van der Waals surface area contributed by atoms with Gasteiger partial charge in [-0.15, -0.1) is 0 Å². The molecule has 5 rings (SSSR count). The zero-order valence-electron chi connectivity index (χ0n) is 24.0. The molecule has 2 heterocycles. The van der Waals surface area contributed by atoms with Gasteiger partial charge in [-0.25, -0.2) is 14.8 Å². The molecule has 0 spiro atoms. The maximum Gasteiger partial charge on any atom is 0.317 e. The Morgan fingerprint density at radius 2 is 1.63 bits per heavy atom. The predicted octanol–water partition coefficient (Wildman–Crippen LogP) is 4.82. The van der Waals surface area contributed by atoms with Gasteiger partial charge in [0.1, 0.15) is 11.5 Å². The number of aromatic nitrogens is 2. The van der Waals surface area contributed by atoms with Crippen LogP contribution in [0.15, 0.2) is 72.9 Å². The summed E-state index contributed by atoms with van der Waals surface area (Å²) >= 11 is 6.02. The summed E-state index contributed by atoms with van der Waals surface area (Å²) in [4.78, 5) is 40.2. The molecule has 11 heteroatoms. The maximum absolute atomic E-state index is 13.7. The Morgan fingerprint density at radius 1 is 0.953 bits per heavy atom. The lowest BCUT2D eigenvalue weighted by Gasteiger charge is -2.32. The van der Waals surface area contributed by atoms with Crippen LogP contribution in [0.1, 0.15) is 27.0 Å². The van der Waals surface area contributed by atoms with Gasteiger partial charge in [-0.1, -0.05) is 36.4 Å². The number of carbonyl (C=O) groups excluding carboxylic acids is 2. The van der Waals surface area contributed by atoms with Crippen molar-refractivity contribution in [3.8, 4) is 22.8 Å². The number of phenolic OH excluding ortho intramolecular Hbond substituents is 2. The summed E-state index contributed by atoms with van der Waals surface area (Å²) in [5.74, 6) is -0.890. The molecule has 1 saturated heterocycles. The van der Waals surface area contributed by atoms with Crippen LogP contribution in [0.4, 0.5) is 10.5 Å². The number of halogens is 1. The van der Waals surface area contributed by atoms with Crippen molar-refractivity contribution in [1.29, 1.82) is 0 Å².